The Balaban J connectivity index is 1.92. The van der Waals surface area contributed by atoms with Crippen LogP contribution in [0.5, 0.6) is 5.75 Å². The van der Waals surface area contributed by atoms with Crippen molar-refractivity contribution in [1.29, 1.82) is 0 Å². The molecule has 0 bridgehead atoms. The van der Waals surface area contributed by atoms with Gasteiger partial charge in [0.1, 0.15) is 11.6 Å². The van der Waals surface area contributed by atoms with Gasteiger partial charge in [0.2, 0.25) is 0 Å². The average Bonchev–Trinajstić information content (AvgIpc) is 3.01. The number of benzene rings is 1. The first-order valence-corrected chi connectivity index (χ1v) is 6.22. The fourth-order valence-corrected chi connectivity index (χ4v) is 2.11. The van der Waals surface area contributed by atoms with Gasteiger partial charge in [-0.1, -0.05) is 0 Å². The highest BCUT2D eigenvalue weighted by atomic mass is 79.9. The van der Waals surface area contributed by atoms with E-state index in [9.17, 15) is 4.39 Å². The van der Waals surface area contributed by atoms with Crippen LogP contribution in [0.1, 0.15) is 19.3 Å². The Morgan fingerprint density at radius 2 is 2.19 bits per heavy atom. The maximum Gasteiger partial charge on any atom is 0.137 e. The van der Waals surface area contributed by atoms with E-state index in [1.807, 2.05) is 0 Å². The Morgan fingerprint density at radius 3 is 2.75 bits per heavy atom. The van der Waals surface area contributed by atoms with Crippen LogP contribution < -0.4 is 10.5 Å². The van der Waals surface area contributed by atoms with Gasteiger partial charge < -0.3 is 10.5 Å². The predicted molar refractivity (Wildman–Crippen MR) is 64.9 cm³/mol. The van der Waals surface area contributed by atoms with Crippen LogP contribution in [0.15, 0.2) is 22.7 Å². The van der Waals surface area contributed by atoms with Crippen LogP contribution in [-0.4, -0.2) is 13.2 Å². The normalized spacial score (nSPS) is 17.2. The molecule has 0 radical (unpaired) electrons. The maximum absolute atomic E-state index is 13.0. The predicted octanol–water partition coefficient (Wildman–Crippen LogP) is 3.10. The third-order valence-corrected chi connectivity index (χ3v) is 3.68. The maximum atomic E-state index is 13.0. The van der Waals surface area contributed by atoms with Gasteiger partial charge in [-0.15, -0.1) is 0 Å². The van der Waals surface area contributed by atoms with Crippen molar-refractivity contribution in [1.82, 2.24) is 0 Å². The lowest BCUT2D eigenvalue weighted by Gasteiger charge is -2.15. The summed E-state index contributed by atoms with van der Waals surface area (Å²) in [6.07, 6.45) is 3.38. The van der Waals surface area contributed by atoms with Crippen LogP contribution in [0.2, 0.25) is 0 Å². The molecular formula is C12H15BrFNO. The Kier molecular flexibility index (Phi) is 3.50. The zero-order valence-corrected chi connectivity index (χ0v) is 10.6. The first-order valence-electron chi connectivity index (χ1n) is 5.43. The molecule has 16 heavy (non-hydrogen) atoms. The lowest BCUT2D eigenvalue weighted by Crippen LogP contribution is -2.17. The smallest absolute Gasteiger partial charge is 0.137 e. The Morgan fingerprint density at radius 1 is 1.44 bits per heavy atom. The number of nitrogens with two attached hydrogens (primary N) is 1. The highest BCUT2D eigenvalue weighted by Gasteiger charge is 2.42. The molecule has 1 aromatic carbocycles. The summed E-state index contributed by atoms with van der Waals surface area (Å²) >= 11 is 3.14. The molecule has 4 heteroatoms. The standard InChI is InChI=1S/C12H15BrFNO/c13-10-7-9(1-2-11(10)14)16-8-12(3-4-12)5-6-15/h1-2,7H,3-6,8,15H2. The van der Waals surface area contributed by atoms with Gasteiger partial charge in [0.05, 0.1) is 11.1 Å². The molecule has 2 nitrogen and oxygen atoms in total. The number of hydrogen-bond donors (Lipinski definition) is 1. The largest absolute Gasteiger partial charge is 0.493 e. The van der Waals surface area contributed by atoms with Crippen LogP contribution in [0.25, 0.3) is 0 Å². The van der Waals surface area contributed by atoms with Gasteiger partial charge in [0, 0.05) is 5.41 Å². The van der Waals surface area contributed by atoms with E-state index < -0.39 is 0 Å². The molecule has 2 N–H and O–H groups in total. The molecular weight excluding hydrogens is 273 g/mol. The molecule has 0 aromatic heterocycles. The fraction of sp³-hybridized carbons (Fsp3) is 0.500. The van der Waals surface area contributed by atoms with E-state index in [4.69, 9.17) is 10.5 Å². The first kappa shape index (κ1) is 11.9. The summed E-state index contributed by atoms with van der Waals surface area (Å²) < 4.78 is 19.1. The van der Waals surface area contributed by atoms with Gasteiger partial charge in [-0.3, -0.25) is 0 Å². The SMILES string of the molecule is NCCC1(COc2ccc(F)c(Br)c2)CC1. The molecule has 0 spiro atoms. The second kappa shape index (κ2) is 4.72. The summed E-state index contributed by atoms with van der Waals surface area (Å²) in [5.41, 5.74) is 5.84. The third-order valence-electron chi connectivity index (χ3n) is 3.07. The Hall–Kier alpha value is -0.610. The molecule has 1 fully saturated rings. The third kappa shape index (κ3) is 2.74. The lowest BCUT2D eigenvalue weighted by molar-refractivity contribution is 0.226. The second-order valence-corrected chi connectivity index (χ2v) is 5.26. The summed E-state index contributed by atoms with van der Waals surface area (Å²) in [5.74, 6) is 0.437. The lowest BCUT2D eigenvalue weighted by atomic mass is 10.0. The minimum atomic E-state index is -0.268. The molecule has 88 valence electrons. The molecule has 0 atom stereocenters. The topological polar surface area (TPSA) is 35.2 Å². The van der Waals surface area contributed by atoms with Crippen molar-refractivity contribution in [2.24, 2.45) is 11.1 Å². The number of ether oxygens (including phenoxy) is 1. The summed E-state index contributed by atoms with van der Waals surface area (Å²) in [4.78, 5) is 0. The molecule has 0 saturated heterocycles. The van der Waals surface area contributed by atoms with Crippen LogP contribution >= 0.6 is 15.9 Å². The monoisotopic (exact) mass is 287 g/mol. The number of hydrogen-bond acceptors (Lipinski definition) is 2. The molecule has 0 amide bonds. The van der Waals surface area contributed by atoms with Crippen molar-refractivity contribution in [3.05, 3.63) is 28.5 Å². The van der Waals surface area contributed by atoms with Gasteiger partial charge in [-0.05, 0) is 59.9 Å². The minimum absolute atomic E-state index is 0.268. The molecule has 1 aliphatic carbocycles. The Labute approximate surface area is 103 Å². The molecule has 0 unspecified atom stereocenters. The second-order valence-electron chi connectivity index (χ2n) is 4.40. The van der Waals surface area contributed by atoms with Crippen molar-refractivity contribution < 1.29 is 9.13 Å². The van der Waals surface area contributed by atoms with Crippen LogP contribution in [-0.2, 0) is 0 Å². The van der Waals surface area contributed by atoms with E-state index in [1.165, 1.54) is 18.9 Å². The molecule has 1 aliphatic rings. The summed E-state index contributed by atoms with van der Waals surface area (Å²) in [5, 5.41) is 0. The van der Waals surface area contributed by atoms with Crippen molar-refractivity contribution in [2.75, 3.05) is 13.2 Å². The van der Waals surface area contributed by atoms with E-state index >= 15 is 0 Å². The minimum Gasteiger partial charge on any atom is -0.493 e. The van der Waals surface area contributed by atoms with E-state index in [0.29, 0.717) is 23.4 Å². The number of halogens is 2. The van der Waals surface area contributed by atoms with Gasteiger partial charge in [-0.25, -0.2) is 4.39 Å². The highest BCUT2D eigenvalue weighted by molar-refractivity contribution is 9.10. The van der Waals surface area contributed by atoms with Crippen LogP contribution in [0, 0.1) is 11.2 Å². The van der Waals surface area contributed by atoms with Gasteiger partial charge in [0.15, 0.2) is 0 Å². The van der Waals surface area contributed by atoms with Crippen LogP contribution in [0.4, 0.5) is 4.39 Å². The van der Waals surface area contributed by atoms with E-state index in [2.05, 4.69) is 15.9 Å². The molecule has 0 aliphatic heterocycles. The first-order chi connectivity index (χ1) is 7.65. The summed E-state index contributed by atoms with van der Waals surface area (Å²) in [7, 11) is 0. The number of rotatable bonds is 5. The zero-order chi connectivity index (χ0) is 11.6. The van der Waals surface area contributed by atoms with Gasteiger partial charge in [-0.2, -0.15) is 0 Å². The molecule has 1 saturated carbocycles. The molecule has 1 aromatic rings. The molecule has 2 rings (SSSR count). The fourth-order valence-electron chi connectivity index (χ4n) is 1.75. The van der Waals surface area contributed by atoms with E-state index in [-0.39, 0.29) is 11.2 Å². The van der Waals surface area contributed by atoms with E-state index in [0.717, 1.165) is 6.42 Å². The highest BCUT2D eigenvalue weighted by Crippen LogP contribution is 2.48. The quantitative estimate of drug-likeness (QED) is 0.903. The van der Waals surface area contributed by atoms with Crippen LogP contribution in [0.3, 0.4) is 0 Å². The van der Waals surface area contributed by atoms with Crippen molar-refractivity contribution in [3.8, 4) is 5.75 Å². The van der Waals surface area contributed by atoms with Gasteiger partial charge >= 0.3 is 0 Å². The van der Waals surface area contributed by atoms with Gasteiger partial charge in [0.25, 0.3) is 0 Å². The summed E-state index contributed by atoms with van der Waals surface area (Å²) in [6.45, 7) is 1.39. The Bertz CT molecular complexity index is 379. The zero-order valence-electron chi connectivity index (χ0n) is 9.01. The van der Waals surface area contributed by atoms with E-state index in [1.54, 1.807) is 12.1 Å². The van der Waals surface area contributed by atoms with Crippen molar-refractivity contribution in [3.63, 3.8) is 0 Å². The average molecular weight is 288 g/mol. The van der Waals surface area contributed by atoms with Crippen molar-refractivity contribution >= 4 is 15.9 Å². The molecule has 0 heterocycles. The summed E-state index contributed by atoms with van der Waals surface area (Å²) in [6, 6.07) is 4.72. The van der Waals surface area contributed by atoms with Crippen molar-refractivity contribution in [2.45, 2.75) is 19.3 Å².